The second-order valence-electron chi connectivity index (χ2n) is 6.85. The Bertz CT molecular complexity index is 659. The van der Waals surface area contributed by atoms with Gasteiger partial charge in [-0.05, 0) is 43.9 Å². The number of hydrogen-bond acceptors (Lipinski definition) is 3. The third-order valence-corrected chi connectivity index (χ3v) is 5.21. The lowest BCUT2D eigenvalue weighted by atomic mass is 10.1. The van der Waals surface area contributed by atoms with Crippen molar-refractivity contribution < 1.29 is 9.53 Å². The van der Waals surface area contributed by atoms with Crippen molar-refractivity contribution in [2.45, 2.75) is 44.2 Å². The summed E-state index contributed by atoms with van der Waals surface area (Å²) in [7, 11) is 1.43. The Morgan fingerprint density at radius 2 is 2.12 bits per heavy atom. The zero-order valence-electron chi connectivity index (χ0n) is 15.4. The number of carbonyl (C=O) groups is 1. The van der Waals surface area contributed by atoms with Gasteiger partial charge < -0.3 is 20.3 Å². The van der Waals surface area contributed by atoms with E-state index in [0.29, 0.717) is 31.1 Å². The predicted octanol–water partition coefficient (Wildman–Crippen LogP) is 2.98. The Kier molecular flexibility index (Phi) is 6.25. The van der Waals surface area contributed by atoms with Gasteiger partial charge in [0.15, 0.2) is 5.96 Å². The molecule has 2 N–H and O–H groups in total. The van der Waals surface area contributed by atoms with Crippen LogP contribution in [0.5, 0.6) is 0 Å². The average Bonchev–Trinajstić information content (AvgIpc) is 3.41. The van der Waals surface area contributed by atoms with Crippen LogP contribution in [-0.4, -0.2) is 55.8 Å². The summed E-state index contributed by atoms with van der Waals surface area (Å²) < 4.78 is 4.79. The summed E-state index contributed by atoms with van der Waals surface area (Å²) in [5, 5.41) is 7.85. The number of carbonyl (C=O) groups excluding carboxylic acids is 1. The lowest BCUT2D eigenvalue weighted by Crippen LogP contribution is -2.50. The van der Waals surface area contributed by atoms with Gasteiger partial charge in [-0.1, -0.05) is 23.7 Å². The van der Waals surface area contributed by atoms with E-state index in [-0.39, 0.29) is 6.09 Å². The molecule has 1 saturated heterocycles. The molecule has 0 spiro atoms. The highest BCUT2D eigenvalue weighted by Gasteiger charge is 2.39. The fourth-order valence-electron chi connectivity index (χ4n) is 3.46. The monoisotopic (exact) mass is 378 g/mol. The van der Waals surface area contributed by atoms with E-state index in [1.807, 2.05) is 25.1 Å². The molecule has 142 valence electrons. The first-order valence-electron chi connectivity index (χ1n) is 9.26. The van der Waals surface area contributed by atoms with E-state index in [9.17, 15) is 4.79 Å². The van der Waals surface area contributed by atoms with Gasteiger partial charge in [-0.25, -0.2) is 4.79 Å². The standard InChI is InChI=1S/C19H27ClN4O2/c1-3-21-18(22-15-7-9-24(10-8-15)19(25)26-2)23-17-12-16(17)13-5-4-6-14(20)11-13/h4-6,11,15-17H,3,7-10,12H2,1-2H3,(H2,21,22,23). The van der Waals surface area contributed by atoms with E-state index >= 15 is 0 Å². The quantitative estimate of drug-likeness (QED) is 0.624. The third-order valence-electron chi connectivity index (χ3n) is 4.97. The molecule has 1 aliphatic heterocycles. The highest BCUT2D eigenvalue weighted by molar-refractivity contribution is 6.30. The maximum absolute atomic E-state index is 11.6. The van der Waals surface area contributed by atoms with Gasteiger partial charge in [0.05, 0.1) is 7.11 Å². The number of methoxy groups -OCH3 is 1. The minimum absolute atomic E-state index is 0.244. The van der Waals surface area contributed by atoms with Crippen molar-refractivity contribution in [3.05, 3.63) is 34.9 Å². The Hall–Kier alpha value is -1.95. The summed E-state index contributed by atoms with van der Waals surface area (Å²) in [6.45, 7) is 4.17. The fraction of sp³-hybridized carbons (Fsp3) is 0.579. The number of guanidine groups is 1. The van der Waals surface area contributed by atoms with Gasteiger partial charge in [-0.3, -0.25) is 4.99 Å². The fourth-order valence-corrected chi connectivity index (χ4v) is 3.65. The molecule has 2 atom stereocenters. The first kappa shape index (κ1) is 18.8. The van der Waals surface area contributed by atoms with Crippen molar-refractivity contribution in [1.29, 1.82) is 0 Å². The Labute approximate surface area is 159 Å². The van der Waals surface area contributed by atoms with E-state index in [2.05, 4.69) is 21.7 Å². The average molecular weight is 379 g/mol. The molecule has 3 rings (SSSR count). The molecule has 2 aliphatic rings. The van der Waals surface area contributed by atoms with Crippen LogP contribution in [0.1, 0.15) is 37.7 Å². The summed E-state index contributed by atoms with van der Waals surface area (Å²) in [5.74, 6) is 1.34. The van der Waals surface area contributed by atoms with E-state index in [0.717, 1.165) is 36.8 Å². The molecular formula is C19H27ClN4O2. The number of aliphatic imine (C=N–C) groups is 1. The number of halogens is 1. The number of likely N-dealkylation sites (tertiary alicyclic amines) is 1. The van der Waals surface area contributed by atoms with E-state index in [1.165, 1.54) is 12.7 Å². The molecule has 26 heavy (non-hydrogen) atoms. The summed E-state index contributed by atoms with van der Waals surface area (Å²) in [5.41, 5.74) is 1.28. The topological polar surface area (TPSA) is 66.0 Å². The molecule has 1 amide bonds. The molecule has 2 unspecified atom stereocenters. The Morgan fingerprint density at radius 1 is 1.35 bits per heavy atom. The largest absolute Gasteiger partial charge is 0.453 e. The van der Waals surface area contributed by atoms with Gasteiger partial charge >= 0.3 is 6.09 Å². The van der Waals surface area contributed by atoms with E-state index in [4.69, 9.17) is 16.3 Å². The molecule has 6 nitrogen and oxygen atoms in total. The van der Waals surface area contributed by atoms with Gasteiger partial charge in [0.25, 0.3) is 0 Å². The SMILES string of the molecule is CCN=C(NC1CCN(C(=O)OC)CC1)NC1CC1c1cccc(Cl)c1. The van der Waals surface area contributed by atoms with Gasteiger partial charge in [0.1, 0.15) is 0 Å². The Balaban J connectivity index is 1.50. The van der Waals surface area contributed by atoms with Crippen LogP contribution in [0.25, 0.3) is 0 Å². The van der Waals surface area contributed by atoms with Crippen molar-refractivity contribution >= 4 is 23.7 Å². The minimum Gasteiger partial charge on any atom is -0.453 e. The molecule has 0 aromatic heterocycles. The predicted molar refractivity (Wildman–Crippen MR) is 104 cm³/mol. The van der Waals surface area contributed by atoms with Crippen LogP contribution in [0.3, 0.4) is 0 Å². The second kappa shape index (κ2) is 8.62. The lowest BCUT2D eigenvalue weighted by molar-refractivity contribution is 0.111. The van der Waals surface area contributed by atoms with Crippen LogP contribution >= 0.6 is 11.6 Å². The molecule has 1 heterocycles. The van der Waals surface area contributed by atoms with Gasteiger partial charge in [0, 0.05) is 42.7 Å². The molecule has 7 heteroatoms. The minimum atomic E-state index is -0.244. The number of rotatable bonds is 4. The maximum Gasteiger partial charge on any atom is 0.409 e. The maximum atomic E-state index is 11.6. The molecule has 2 fully saturated rings. The van der Waals surface area contributed by atoms with Crippen molar-refractivity contribution in [3.8, 4) is 0 Å². The van der Waals surface area contributed by atoms with Crippen LogP contribution in [0.4, 0.5) is 4.79 Å². The Morgan fingerprint density at radius 3 is 2.77 bits per heavy atom. The molecule has 1 aromatic carbocycles. The highest BCUT2D eigenvalue weighted by Crippen LogP contribution is 2.41. The van der Waals surface area contributed by atoms with Gasteiger partial charge in [0.2, 0.25) is 0 Å². The van der Waals surface area contributed by atoms with E-state index < -0.39 is 0 Å². The van der Waals surface area contributed by atoms with Gasteiger partial charge in [-0.15, -0.1) is 0 Å². The second-order valence-corrected chi connectivity index (χ2v) is 7.28. The molecule has 1 aromatic rings. The summed E-state index contributed by atoms with van der Waals surface area (Å²) in [6.07, 6.45) is 2.63. The van der Waals surface area contributed by atoms with Crippen LogP contribution in [0.15, 0.2) is 29.3 Å². The van der Waals surface area contributed by atoms with Crippen LogP contribution in [0.2, 0.25) is 5.02 Å². The van der Waals surface area contributed by atoms with Crippen molar-refractivity contribution in [2.75, 3.05) is 26.7 Å². The molecule has 1 aliphatic carbocycles. The highest BCUT2D eigenvalue weighted by atomic mass is 35.5. The number of benzene rings is 1. The lowest BCUT2D eigenvalue weighted by Gasteiger charge is -2.32. The number of ether oxygens (including phenoxy) is 1. The van der Waals surface area contributed by atoms with E-state index in [1.54, 1.807) is 4.90 Å². The van der Waals surface area contributed by atoms with Crippen LogP contribution < -0.4 is 10.6 Å². The van der Waals surface area contributed by atoms with Crippen molar-refractivity contribution in [3.63, 3.8) is 0 Å². The number of hydrogen-bond donors (Lipinski definition) is 2. The van der Waals surface area contributed by atoms with Gasteiger partial charge in [-0.2, -0.15) is 0 Å². The zero-order chi connectivity index (χ0) is 18.5. The smallest absolute Gasteiger partial charge is 0.409 e. The number of nitrogens with one attached hydrogen (secondary N) is 2. The summed E-state index contributed by atoms with van der Waals surface area (Å²) >= 11 is 6.10. The molecular weight excluding hydrogens is 352 g/mol. The van der Waals surface area contributed by atoms with Crippen LogP contribution in [0, 0.1) is 0 Å². The van der Waals surface area contributed by atoms with Crippen molar-refractivity contribution in [1.82, 2.24) is 15.5 Å². The first-order valence-corrected chi connectivity index (χ1v) is 9.64. The normalized spacial score (nSPS) is 23.5. The first-order chi connectivity index (χ1) is 12.6. The number of piperidine rings is 1. The van der Waals surface area contributed by atoms with Crippen molar-refractivity contribution in [2.24, 2.45) is 4.99 Å². The van der Waals surface area contributed by atoms with Crippen LogP contribution in [-0.2, 0) is 4.74 Å². The molecule has 1 saturated carbocycles. The third kappa shape index (κ3) is 4.81. The summed E-state index contributed by atoms with van der Waals surface area (Å²) in [4.78, 5) is 17.9. The zero-order valence-corrected chi connectivity index (χ0v) is 16.1. The molecule has 0 bridgehead atoms. The number of nitrogens with zero attached hydrogens (tertiary/aromatic N) is 2. The summed E-state index contributed by atoms with van der Waals surface area (Å²) in [6, 6.07) is 8.79. The number of amides is 1. The molecule has 0 radical (unpaired) electrons.